The normalized spacial score (nSPS) is 26.6. The molecule has 0 spiro atoms. The van der Waals surface area contributed by atoms with Gasteiger partial charge < -0.3 is 14.5 Å². The van der Waals surface area contributed by atoms with E-state index in [9.17, 15) is 14.4 Å². The lowest BCUT2D eigenvalue weighted by Gasteiger charge is -2.48. The smallest absolute Gasteiger partial charge is 0.257 e. The summed E-state index contributed by atoms with van der Waals surface area (Å²) in [6, 6.07) is 7.25. The van der Waals surface area contributed by atoms with Crippen LogP contribution in [-0.4, -0.2) is 65.5 Å². The highest BCUT2D eigenvalue weighted by Gasteiger charge is 2.52. The number of carbonyl (C=O) groups is 3. The number of likely N-dealkylation sites (tertiary alicyclic amines) is 1. The molecule has 1 aromatic carbocycles. The van der Waals surface area contributed by atoms with Crippen LogP contribution in [0.3, 0.4) is 0 Å². The highest BCUT2D eigenvalue weighted by atomic mass is 16.5. The Labute approximate surface area is 171 Å². The first-order chi connectivity index (χ1) is 14.0. The summed E-state index contributed by atoms with van der Waals surface area (Å²) in [5.41, 5.74) is 0.501. The van der Waals surface area contributed by atoms with Gasteiger partial charge >= 0.3 is 0 Å². The van der Waals surface area contributed by atoms with Crippen LogP contribution in [0.2, 0.25) is 0 Å². The van der Waals surface area contributed by atoms with Crippen molar-refractivity contribution in [2.75, 3.05) is 31.1 Å². The van der Waals surface area contributed by atoms with Gasteiger partial charge in [0.2, 0.25) is 11.8 Å². The van der Waals surface area contributed by atoms with Gasteiger partial charge in [-0.1, -0.05) is 12.1 Å². The lowest BCUT2D eigenvalue weighted by atomic mass is 9.98. The topological polar surface area (TPSA) is 70.2 Å². The number of piperidine rings is 1. The molecule has 29 heavy (non-hydrogen) atoms. The summed E-state index contributed by atoms with van der Waals surface area (Å²) < 4.78 is 5.70. The van der Waals surface area contributed by atoms with Gasteiger partial charge in [-0.3, -0.25) is 19.3 Å². The van der Waals surface area contributed by atoms with E-state index in [2.05, 4.69) is 0 Å². The number of rotatable bonds is 5. The molecular weight excluding hydrogens is 370 g/mol. The molecule has 3 amide bonds. The standard InChI is InChI=1S/C22H29N3O4/c1-3-29-16-7-6-13-23(15-16)19(26)11-14-24-21(28)17-8-4-5-9-18(17)25-20(27)10-12-22(24,25)2/h4-5,8-9,16H,3,6-7,10-15H2,1-2H3. The largest absolute Gasteiger partial charge is 0.377 e. The van der Waals surface area contributed by atoms with E-state index in [1.165, 1.54) is 0 Å². The van der Waals surface area contributed by atoms with Crippen molar-refractivity contribution in [2.24, 2.45) is 0 Å². The molecule has 2 unspecified atom stereocenters. The third-order valence-corrected chi connectivity index (χ3v) is 6.43. The van der Waals surface area contributed by atoms with E-state index in [4.69, 9.17) is 4.74 Å². The zero-order valence-electron chi connectivity index (χ0n) is 17.2. The van der Waals surface area contributed by atoms with E-state index in [1.54, 1.807) is 15.9 Å². The Morgan fingerprint density at radius 3 is 2.86 bits per heavy atom. The minimum absolute atomic E-state index is 0.0272. The van der Waals surface area contributed by atoms with E-state index >= 15 is 0 Å². The van der Waals surface area contributed by atoms with Crippen LogP contribution in [0.25, 0.3) is 0 Å². The Morgan fingerprint density at radius 1 is 1.28 bits per heavy atom. The Hall–Kier alpha value is -2.41. The summed E-state index contributed by atoms with van der Waals surface area (Å²) in [4.78, 5) is 44.0. The lowest BCUT2D eigenvalue weighted by Crippen LogP contribution is -2.62. The average molecular weight is 399 g/mol. The summed E-state index contributed by atoms with van der Waals surface area (Å²) in [5.74, 6) is -0.0346. The molecule has 3 heterocycles. The maximum absolute atomic E-state index is 13.2. The number of fused-ring (bicyclic) bond motifs is 3. The highest BCUT2D eigenvalue weighted by Crippen LogP contribution is 2.44. The van der Waals surface area contributed by atoms with Crippen LogP contribution in [-0.2, 0) is 14.3 Å². The molecule has 7 heteroatoms. The Morgan fingerprint density at radius 2 is 2.07 bits per heavy atom. The lowest BCUT2D eigenvalue weighted by molar-refractivity contribution is -0.135. The number of para-hydroxylation sites is 1. The molecule has 1 aromatic rings. The fraction of sp³-hybridized carbons (Fsp3) is 0.591. The second kappa shape index (κ2) is 7.78. The minimum Gasteiger partial charge on any atom is -0.377 e. The zero-order chi connectivity index (χ0) is 20.6. The second-order valence-electron chi connectivity index (χ2n) is 8.23. The van der Waals surface area contributed by atoms with Crippen LogP contribution in [0.1, 0.15) is 56.3 Å². The van der Waals surface area contributed by atoms with Gasteiger partial charge in [-0.2, -0.15) is 0 Å². The quantitative estimate of drug-likeness (QED) is 0.762. The summed E-state index contributed by atoms with van der Waals surface area (Å²) >= 11 is 0. The number of amides is 3. The molecule has 156 valence electrons. The van der Waals surface area contributed by atoms with Crippen molar-refractivity contribution < 1.29 is 19.1 Å². The molecule has 0 radical (unpaired) electrons. The molecule has 0 aromatic heterocycles. The predicted octanol–water partition coefficient (Wildman–Crippen LogP) is 2.40. The highest BCUT2D eigenvalue weighted by molar-refractivity contribution is 6.10. The molecule has 0 aliphatic carbocycles. The zero-order valence-corrected chi connectivity index (χ0v) is 17.2. The molecule has 3 aliphatic heterocycles. The molecule has 0 saturated carbocycles. The number of carbonyl (C=O) groups excluding carboxylic acids is 3. The SMILES string of the molecule is CCOC1CCCN(C(=O)CCN2C(=O)c3ccccc3N3C(=O)CCC23C)C1. The van der Waals surface area contributed by atoms with Gasteiger partial charge in [-0.25, -0.2) is 0 Å². The maximum Gasteiger partial charge on any atom is 0.257 e. The van der Waals surface area contributed by atoms with Crippen molar-refractivity contribution >= 4 is 23.4 Å². The van der Waals surface area contributed by atoms with Crippen molar-refractivity contribution in [1.29, 1.82) is 0 Å². The van der Waals surface area contributed by atoms with Gasteiger partial charge in [0, 0.05) is 39.1 Å². The van der Waals surface area contributed by atoms with Crippen molar-refractivity contribution in [3.63, 3.8) is 0 Å². The molecule has 2 atom stereocenters. The molecule has 7 nitrogen and oxygen atoms in total. The molecule has 4 rings (SSSR count). The molecule has 2 fully saturated rings. The van der Waals surface area contributed by atoms with Gasteiger partial charge in [0.05, 0.1) is 17.4 Å². The van der Waals surface area contributed by atoms with Crippen molar-refractivity contribution in [2.45, 2.75) is 57.7 Å². The van der Waals surface area contributed by atoms with Crippen LogP contribution in [0.5, 0.6) is 0 Å². The van der Waals surface area contributed by atoms with Crippen LogP contribution < -0.4 is 4.90 Å². The summed E-state index contributed by atoms with van der Waals surface area (Å²) in [6.07, 6.45) is 3.26. The van der Waals surface area contributed by atoms with Crippen LogP contribution in [0.4, 0.5) is 5.69 Å². The monoisotopic (exact) mass is 399 g/mol. The van der Waals surface area contributed by atoms with Crippen LogP contribution in [0.15, 0.2) is 24.3 Å². The van der Waals surface area contributed by atoms with Gasteiger partial charge in [0.25, 0.3) is 5.91 Å². The Balaban J connectivity index is 1.50. The number of hydrogen-bond donors (Lipinski definition) is 0. The number of hydrogen-bond acceptors (Lipinski definition) is 4. The molecule has 2 saturated heterocycles. The summed E-state index contributed by atoms with van der Waals surface area (Å²) in [7, 11) is 0. The van der Waals surface area contributed by atoms with Gasteiger partial charge in [-0.15, -0.1) is 0 Å². The number of benzene rings is 1. The summed E-state index contributed by atoms with van der Waals surface area (Å²) in [5, 5.41) is 0. The van der Waals surface area contributed by atoms with Crippen LogP contribution in [0, 0.1) is 0 Å². The minimum atomic E-state index is -0.710. The van der Waals surface area contributed by atoms with Gasteiger partial charge in [-0.05, 0) is 45.2 Å². The molecule has 0 bridgehead atoms. The Bertz CT molecular complexity index is 824. The van der Waals surface area contributed by atoms with E-state index < -0.39 is 5.66 Å². The fourth-order valence-corrected chi connectivity index (χ4v) is 4.94. The maximum atomic E-state index is 13.2. The third kappa shape index (κ3) is 3.41. The van der Waals surface area contributed by atoms with E-state index in [0.29, 0.717) is 43.8 Å². The van der Waals surface area contributed by atoms with Crippen molar-refractivity contribution in [3.8, 4) is 0 Å². The first-order valence-electron chi connectivity index (χ1n) is 10.6. The summed E-state index contributed by atoms with van der Waals surface area (Å²) in [6.45, 7) is 6.21. The number of anilines is 1. The number of nitrogens with zero attached hydrogens (tertiary/aromatic N) is 3. The molecular formula is C22H29N3O4. The van der Waals surface area contributed by atoms with Crippen molar-refractivity contribution in [1.82, 2.24) is 9.80 Å². The average Bonchev–Trinajstić information content (AvgIpc) is 3.03. The van der Waals surface area contributed by atoms with Gasteiger partial charge in [0.15, 0.2) is 0 Å². The first kappa shape index (κ1) is 19.9. The molecule has 3 aliphatic rings. The molecule has 0 N–H and O–H groups in total. The predicted molar refractivity (Wildman–Crippen MR) is 108 cm³/mol. The number of ether oxygens (including phenoxy) is 1. The third-order valence-electron chi connectivity index (χ3n) is 6.43. The van der Waals surface area contributed by atoms with E-state index in [-0.39, 0.29) is 30.2 Å². The van der Waals surface area contributed by atoms with Gasteiger partial charge in [0.1, 0.15) is 5.66 Å². The van der Waals surface area contributed by atoms with Crippen LogP contribution >= 0.6 is 0 Å². The first-order valence-corrected chi connectivity index (χ1v) is 10.6. The second-order valence-corrected chi connectivity index (χ2v) is 8.23. The Kier molecular flexibility index (Phi) is 5.34. The van der Waals surface area contributed by atoms with E-state index in [1.807, 2.05) is 36.9 Å². The fourth-order valence-electron chi connectivity index (χ4n) is 4.94. The van der Waals surface area contributed by atoms with E-state index in [0.717, 1.165) is 19.4 Å². The van der Waals surface area contributed by atoms with Crippen molar-refractivity contribution in [3.05, 3.63) is 29.8 Å².